The maximum Gasteiger partial charge on any atom is 0.333 e. The highest BCUT2D eigenvalue weighted by Crippen LogP contribution is 2.11. The fraction of sp³-hybridized carbons (Fsp3) is 0.625. The van der Waals surface area contributed by atoms with Crippen molar-refractivity contribution in [3.8, 4) is 0 Å². The predicted octanol–water partition coefficient (Wildman–Crippen LogP) is -0.289. The first-order valence-electron chi connectivity index (χ1n) is 14.9. The van der Waals surface area contributed by atoms with E-state index in [0.717, 1.165) is 0 Å². The van der Waals surface area contributed by atoms with Gasteiger partial charge in [0.25, 0.3) is 0 Å². The average Bonchev–Trinajstić information content (AvgIpc) is 3.02. The molecule has 0 aromatic carbocycles. The third-order valence-electron chi connectivity index (χ3n) is 5.63. The van der Waals surface area contributed by atoms with Crippen LogP contribution in [0.25, 0.3) is 0 Å². The lowest BCUT2D eigenvalue weighted by molar-refractivity contribution is -0.166. The Morgan fingerprint density at radius 3 is 0.875 bits per heavy atom. The zero-order valence-electron chi connectivity index (χ0n) is 28.1. The highest BCUT2D eigenvalue weighted by molar-refractivity contribution is 5.88. The van der Waals surface area contributed by atoms with Gasteiger partial charge in [0.1, 0.15) is 63.1 Å². The average molecular weight is 691 g/mol. The van der Waals surface area contributed by atoms with E-state index >= 15 is 0 Å². The molecule has 274 valence electrons. The summed E-state index contributed by atoms with van der Waals surface area (Å²) in [5.41, 5.74) is 0.521. The van der Waals surface area contributed by atoms with Crippen LogP contribution in [0.2, 0.25) is 0 Å². The normalized spacial score (nSPS) is 14.8. The number of aliphatic hydroxyl groups is 4. The largest absolute Gasteiger partial charge is 0.460 e. The first-order chi connectivity index (χ1) is 22.4. The van der Waals surface area contributed by atoms with Crippen molar-refractivity contribution < 1.29 is 77.5 Å². The molecule has 0 amide bonds. The third-order valence-corrected chi connectivity index (χ3v) is 5.63. The summed E-state index contributed by atoms with van der Waals surface area (Å²) in [6.45, 7) is 15.8. The molecular weight excluding hydrogens is 640 g/mol. The van der Waals surface area contributed by atoms with Crippen LogP contribution in [0.4, 0.5) is 0 Å². The molecule has 0 aliphatic heterocycles. The maximum atomic E-state index is 11.7. The zero-order valence-corrected chi connectivity index (χ0v) is 28.1. The summed E-state index contributed by atoms with van der Waals surface area (Å²) in [5, 5.41) is 41.1. The van der Waals surface area contributed by atoms with Gasteiger partial charge in [0, 0.05) is 22.3 Å². The molecular formula is C32H50O16. The van der Waals surface area contributed by atoms with Crippen molar-refractivity contribution in [1.29, 1.82) is 0 Å². The Bertz CT molecular complexity index is 1000. The SMILES string of the molecule is C=C(C)C(=O)OCC(O)COC[C@H](OCC(O)COC(=O)C(=C)C)[C@@H](COCC(O)COC(=O)C(=C)C)OCC(O)COC(=O)C(=C)C. The van der Waals surface area contributed by atoms with Gasteiger partial charge in [-0.1, -0.05) is 26.3 Å². The summed E-state index contributed by atoms with van der Waals surface area (Å²) in [6.07, 6.45) is -7.27. The molecule has 0 heterocycles. The minimum absolute atomic E-state index is 0.122. The molecule has 16 heteroatoms. The van der Waals surface area contributed by atoms with Crippen LogP contribution in [-0.2, 0) is 57.1 Å². The number of carbonyl (C=O) groups is 4. The molecule has 0 aromatic rings. The number of carbonyl (C=O) groups excluding carboxylic acids is 4. The van der Waals surface area contributed by atoms with E-state index in [1.54, 1.807) is 0 Å². The highest BCUT2D eigenvalue weighted by Gasteiger charge is 2.28. The molecule has 0 aromatic heterocycles. The Balaban J connectivity index is 5.67. The molecule has 0 spiro atoms. The van der Waals surface area contributed by atoms with Gasteiger partial charge in [-0.2, -0.15) is 0 Å². The van der Waals surface area contributed by atoms with Gasteiger partial charge in [0.05, 0.1) is 39.6 Å². The standard InChI is InChI=1S/C32H50O16/c1-19(2)29(37)45-13-23(33)9-41-17-27(43-11-25(35)15-47-31(39)21(5)6)28(44-12-26(36)16-48-32(40)22(7)8)18-42-10-24(34)14-46-30(38)20(3)4/h23-28,33-36H,1,3,5,7,9-18H2,2,4,6,8H3/t23?,24?,25?,26?,27-,28+. The smallest absolute Gasteiger partial charge is 0.333 e. The number of hydrogen-bond donors (Lipinski definition) is 4. The zero-order chi connectivity index (χ0) is 36.8. The van der Waals surface area contributed by atoms with Gasteiger partial charge in [-0.05, 0) is 27.7 Å². The van der Waals surface area contributed by atoms with Gasteiger partial charge in [0.2, 0.25) is 0 Å². The van der Waals surface area contributed by atoms with Crippen molar-refractivity contribution in [3.63, 3.8) is 0 Å². The van der Waals surface area contributed by atoms with Crippen LogP contribution in [0.5, 0.6) is 0 Å². The maximum absolute atomic E-state index is 11.7. The van der Waals surface area contributed by atoms with E-state index in [4.69, 9.17) is 37.9 Å². The van der Waals surface area contributed by atoms with Crippen molar-refractivity contribution in [1.82, 2.24) is 0 Å². The summed E-state index contributed by atoms with van der Waals surface area (Å²) in [4.78, 5) is 46.6. The number of hydrogen-bond acceptors (Lipinski definition) is 16. The summed E-state index contributed by atoms with van der Waals surface area (Å²) in [6, 6.07) is 0. The topological polar surface area (TPSA) is 223 Å². The van der Waals surface area contributed by atoms with Crippen molar-refractivity contribution in [2.75, 3.05) is 66.1 Å². The van der Waals surface area contributed by atoms with E-state index in [9.17, 15) is 39.6 Å². The van der Waals surface area contributed by atoms with Gasteiger partial charge >= 0.3 is 23.9 Å². The predicted molar refractivity (Wildman–Crippen MR) is 168 cm³/mol. The van der Waals surface area contributed by atoms with Crippen LogP contribution in [-0.4, -0.2) is 147 Å². The Kier molecular flexibility index (Phi) is 22.8. The molecule has 0 radical (unpaired) electrons. The minimum atomic E-state index is -1.30. The summed E-state index contributed by atoms with van der Waals surface area (Å²) in [7, 11) is 0. The second-order valence-electron chi connectivity index (χ2n) is 10.9. The quantitative estimate of drug-likeness (QED) is 0.0494. The van der Waals surface area contributed by atoms with Crippen LogP contribution >= 0.6 is 0 Å². The van der Waals surface area contributed by atoms with Crippen LogP contribution < -0.4 is 0 Å². The van der Waals surface area contributed by atoms with E-state index in [0.29, 0.717) is 0 Å². The lowest BCUT2D eigenvalue weighted by atomic mass is 10.2. The highest BCUT2D eigenvalue weighted by atomic mass is 16.6. The van der Waals surface area contributed by atoms with Gasteiger partial charge in [-0.3, -0.25) is 0 Å². The summed E-state index contributed by atoms with van der Waals surface area (Å²) < 4.78 is 42.4. The molecule has 0 aliphatic carbocycles. The second kappa shape index (κ2) is 24.6. The van der Waals surface area contributed by atoms with Gasteiger partial charge in [0.15, 0.2) is 0 Å². The van der Waals surface area contributed by atoms with Crippen molar-refractivity contribution in [3.05, 3.63) is 48.6 Å². The second-order valence-corrected chi connectivity index (χ2v) is 10.9. The number of ether oxygens (including phenoxy) is 8. The molecule has 0 rings (SSSR count). The molecule has 0 saturated heterocycles. The fourth-order valence-corrected chi connectivity index (χ4v) is 3.01. The van der Waals surface area contributed by atoms with Crippen molar-refractivity contribution >= 4 is 23.9 Å². The minimum Gasteiger partial charge on any atom is -0.460 e. The van der Waals surface area contributed by atoms with E-state index in [-0.39, 0.29) is 48.7 Å². The molecule has 4 N–H and O–H groups in total. The van der Waals surface area contributed by atoms with Gasteiger partial charge in [-0.15, -0.1) is 0 Å². The van der Waals surface area contributed by atoms with Crippen molar-refractivity contribution in [2.24, 2.45) is 0 Å². The summed E-state index contributed by atoms with van der Waals surface area (Å²) in [5.74, 6) is -2.85. The Hall–Kier alpha value is -3.48. The van der Waals surface area contributed by atoms with E-state index in [1.165, 1.54) is 27.7 Å². The third kappa shape index (κ3) is 21.4. The molecule has 0 saturated carbocycles. The first-order valence-corrected chi connectivity index (χ1v) is 14.9. The monoisotopic (exact) mass is 690 g/mol. The molecule has 6 atom stereocenters. The van der Waals surface area contributed by atoms with Gasteiger partial charge in [-0.25, -0.2) is 19.2 Å². The Morgan fingerprint density at radius 2 is 0.646 bits per heavy atom. The molecule has 4 unspecified atom stereocenters. The Morgan fingerprint density at radius 1 is 0.417 bits per heavy atom. The van der Waals surface area contributed by atoms with E-state index < -0.39 is 100 Å². The summed E-state index contributed by atoms with van der Waals surface area (Å²) >= 11 is 0. The molecule has 0 bridgehead atoms. The lowest BCUT2D eigenvalue weighted by Crippen LogP contribution is -2.43. The van der Waals surface area contributed by atoms with Crippen molar-refractivity contribution in [2.45, 2.75) is 64.3 Å². The number of aliphatic hydroxyl groups excluding tert-OH is 4. The van der Waals surface area contributed by atoms with E-state index in [2.05, 4.69) is 26.3 Å². The number of rotatable bonds is 27. The Labute approximate surface area is 280 Å². The van der Waals surface area contributed by atoms with Crippen LogP contribution in [0.15, 0.2) is 48.6 Å². The molecule has 48 heavy (non-hydrogen) atoms. The van der Waals surface area contributed by atoms with E-state index in [1.807, 2.05) is 0 Å². The first kappa shape index (κ1) is 44.5. The molecule has 16 nitrogen and oxygen atoms in total. The van der Waals surface area contributed by atoms with Crippen LogP contribution in [0, 0.1) is 0 Å². The molecule has 0 fully saturated rings. The van der Waals surface area contributed by atoms with Crippen LogP contribution in [0.1, 0.15) is 27.7 Å². The van der Waals surface area contributed by atoms with Crippen LogP contribution in [0.3, 0.4) is 0 Å². The fourth-order valence-electron chi connectivity index (χ4n) is 3.01. The lowest BCUT2D eigenvalue weighted by Gasteiger charge is -2.29. The molecule has 0 aliphatic rings. The number of esters is 4. The van der Waals surface area contributed by atoms with Gasteiger partial charge < -0.3 is 58.3 Å².